The van der Waals surface area contributed by atoms with Gasteiger partial charge in [-0.2, -0.15) is 0 Å². The molecule has 0 N–H and O–H groups in total. The van der Waals surface area contributed by atoms with Crippen molar-refractivity contribution in [1.82, 2.24) is 19.3 Å². The van der Waals surface area contributed by atoms with E-state index in [0.29, 0.717) is 0 Å². The van der Waals surface area contributed by atoms with E-state index >= 15 is 0 Å². The van der Waals surface area contributed by atoms with Gasteiger partial charge in [0.25, 0.3) is 0 Å². The minimum atomic E-state index is 0.795. The van der Waals surface area contributed by atoms with Crippen molar-refractivity contribution >= 4 is 32.6 Å². The molecule has 0 saturated heterocycles. The fraction of sp³-hybridized carbons (Fsp3) is 0. The Hall–Kier alpha value is -7.82. The molecule has 58 heavy (non-hydrogen) atoms. The standard InChI is InChI=1S/C54H36N4/c1-2-17-41(18-3-1)58-53(55-56-54(58)50-26-14-16-37-15-4-5-21-45(37)50)40-31-29-38(30-32-40)43-19-6-8-22-46(43)47-23-9-7-20-44(47)39-33-35-42(36-34-39)57-51-27-12-10-24-48(51)49-25-11-13-28-52(49)57/h1-36H. The van der Waals surface area contributed by atoms with Gasteiger partial charge in [0.1, 0.15) is 0 Å². The van der Waals surface area contributed by atoms with Crippen LogP contribution in [0.25, 0.3) is 100 Å². The Balaban J connectivity index is 0.966. The second-order valence-corrected chi connectivity index (χ2v) is 14.6. The summed E-state index contributed by atoms with van der Waals surface area (Å²) in [6, 6.07) is 77.7. The van der Waals surface area contributed by atoms with Crippen LogP contribution in [-0.2, 0) is 0 Å². The minimum Gasteiger partial charge on any atom is -0.309 e. The summed E-state index contributed by atoms with van der Waals surface area (Å²) in [5.41, 5.74) is 13.7. The van der Waals surface area contributed by atoms with E-state index in [4.69, 9.17) is 10.2 Å². The van der Waals surface area contributed by atoms with Crippen molar-refractivity contribution in [3.8, 4) is 67.5 Å². The van der Waals surface area contributed by atoms with Gasteiger partial charge in [-0.25, -0.2) is 0 Å². The van der Waals surface area contributed by atoms with Crippen LogP contribution in [0.4, 0.5) is 0 Å². The van der Waals surface area contributed by atoms with Gasteiger partial charge in [-0.15, -0.1) is 10.2 Å². The molecule has 9 aromatic carbocycles. The second-order valence-electron chi connectivity index (χ2n) is 14.6. The molecule has 0 spiro atoms. The normalized spacial score (nSPS) is 11.4. The van der Waals surface area contributed by atoms with Gasteiger partial charge in [0.05, 0.1) is 11.0 Å². The molecular formula is C54H36N4. The van der Waals surface area contributed by atoms with Crippen molar-refractivity contribution in [3.63, 3.8) is 0 Å². The van der Waals surface area contributed by atoms with Gasteiger partial charge in [-0.3, -0.25) is 4.57 Å². The Labute approximate surface area is 336 Å². The average molecular weight is 741 g/mol. The number of para-hydroxylation sites is 3. The summed E-state index contributed by atoms with van der Waals surface area (Å²) in [6.45, 7) is 0. The van der Waals surface area contributed by atoms with E-state index in [1.807, 2.05) is 6.07 Å². The van der Waals surface area contributed by atoms with Crippen molar-refractivity contribution < 1.29 is 0 Å². The molecule has 4 heteroatoms. The third-order valence-electron chi connectivity index (χ3n) is 11.3. The highest BCUT2D eigenvalue weighted by Gasteiger charge is 2.20. The number of aromatic nitrogens is 4. The zero-order valence-electron chi connectivity index (χ0n) is 31.6. The molecule has 4 nitrogen and oxygen atoms in total. The molecule has 2 heterocycles. The largest absolute Gasteiger partial charge is 0.309 e. The van der Waals surface area contributed by atoms with Crippen LogP contribution >= 0.6 is 0 Å². The number of hydrogen-bond acceptors (Lipinski definition) is 2. The number of nitrogens with zero attached hydrogens (tertiary/aromatic N) is 4. The predicted octanol–water partition coefficient (Wildman–Crippen LogP) is 13.9. The van der Waals surface area contributed by atoms with Crippen LogP contribution in [0.1, 0.15) is 0 Å². The molecular weight excluding hydrogens is 705 g/mol. The van der Waals surface area contributed by atoms with E-state index in [-0.39, 0.29) is 0 Å². The highest BCUT2D eigenvalue weighted by molar-refractivity contribution is 6.09. The minimum absolute atomic E-state index is 0.795. The van der Waals surface area contributed by atoms with Crippen molar-refractivity contribution in [3.05, 3.63) is 218 Å². The topological polar surface area (TPSA) is 35.6 Å². The van der Waals surface area contributed by atoms with Crippen molar-refractivity contribution in [1.29, 1.82) is 0 Å². The molecule has 0 fully saturated rings. The third kappa shape index (κ3) is 5.62. The van der Waals surface area contributed by atoms with E-state index < -0.39 is 0 Å². The maximum atomic E-state index is 4.82. The van der Waals surface area contributed by atoms with E-state index in [0.717, 1.165) is 45.1 Å². The summed E-state index contributed by atoms with van der Waals surface area (Å²) >= 11 is 0. The zero-order valence-corrected chi connectivity index (χ0v) is 31.6. The summed E-state index contributed by atoms with van der Waals surface area (Å²) in [7, 11) is 0. The smallest absolute Gasteiger partial charge is 0.169 e. The van der Waals surface area contributed by atoms with E-state index in [9.17, 15) is 0 Å². The Morgan fingerprint density at radius 3 is 1.33 bits per heavy atom. The zero-order chi connectivity index (χ0) is 38.4. The molecule has 272 valence electrons. The first-order valence-corrected chi connectivity index (χ1v) is 19.7. The molecule has 0 atom stereocenters. The monoisotopic (exact) mass is 740 g/mol. The van der Waals surface area contributed by atoms with E-state index in [1.165, 1.54) is 55.0 Å². The van der Waals surface area contributed by atoms with Gasteiger partial charge in [-0.1, -0.05) is 182 Å². The fourth-order valence-corrected chi connectivity index (χ4v) is 8.62. The lowest BCUT2D eigenvalue weighted by Crippen LogP contribution is -2.00. The van der Waals surface area contributed by atoms with Crippen LogP contribution in [-0.4, -0.2) is 19.3 Å². The van der Waals surface area contributed by atoms with Crippen LogP contribution in [0.2, 0.25) is 0 Å². The average Bonchev–Trinajstić information content (AvgIpc) is 3.90. The summed E-state index contributed by atoms with van der Waals surface area (Å²) in [5.74, 6) is 1.61. The van der Waals surface area contributed by atoms with Crippen molar-refractivity contribution in [2.45, 2.75) is 0 Å². The van der Waals surface area contributed by atoms with E-state index in [2.05, 4.69) is 221 Å². The fourth-order valence-electron chi connectivity index (χ4n) is 8.62. The Morgan fingerprint density at radius 2 is 0.690 bits per heavy atom. The molecule has 11 aromatic rings. The Kier molecular flexibility index (Phi) is 8.11. The van der Waals surface area contributed by atoms with Gasteiger partial charge in [0, 0.05) is 33.3 Å². The number of hydrogen-bond donors (Lipinski definition) is 0. The van der Waals surface area contributed by atoms with Crippen LogP contribution in [0.15, 0.2) is 218 Å². The first-order chi connectivity index (χ1) is 28.8. The molecule has 2 aromatic heterocycles. The maximum absolute atomic E-state index is 4.82. The highest BCUT2D eigenvalue weighted by atomic mass is 15.3. The number of benzene rings is 9. The lowest BCUT2D eigenvalue weighted by Gasteiger charge is -2.16. The number of fused-ring (bicyclic) bond motifs is 4. The summed E-state index contributed by atoms with van der Waals surface area (Å²) in [5, 5.41) is 14.5. The first kappa shape index (κ1) is 33.5. The third-order valence-corrected chi connectivity index (χ3v) is 11.3. The first-order valence-electron chi connectivity index (χ1n) is 19.7. The Bertz CT molecular complexity index is 3200. The van der Waals surface area contributed by atoms with Crippen LogP contribution < -0.4 is 0 Å². The van der Waals surface area contributed by atoms with Crippen LogP contribution in [0, 0.1) is 0 Å². The van der Waals surface area contributed by atoms with Gasteiger partial charge < -0.3 is 4.57 Å². The van der Waals surface area contributed by atoms with Crippen molar-refractivity contribution in [2.24, 2.45) is 0 Å². The summed E-state index contributed by atoms with van der Waals surface area (Å²) in [6.07, 6.45) is 0. The lowest BCUT2D eigenvalue weighted by atomic mass is 9.89. The molecule has 11 rings (SSSR count). The molecule has 0 bridgehead atoms. The van der Waals surface area contributed by atoms with Gasteiger partial charge in [0.2, 0.25) is 0 Å². The molecule has 0 unspecified atom stereocenters. The summed E-state index contributed by atoms with van der Waals surface area (Å²) < 4.78 is 4.54. The second kappa shape index (κ2) is 14.0. The molecule has 0 aliphatic carbocycles. The summed E-state index contributed by atoms with van der Waals surface area (Å²) in [4.78, 5) is 0. The maximum Gasteiger partial charge on any atom is 0.169 e. The van der Waals surface area contributed by atoms with Gasteiger partial charge in [0.15, 0.2) is 11.6 Å². The van der Waals surface area contributed by atoms with Gasteiger partial charge >= 0.3 is 0 Å². The quantitative estimate of drug-likeness (QED) is 0.163. The predicted molar refractivity (Wildman–Crippen MR) is 240 cm³/mol. The molecule has 0 amide bonds. The molecule has 0 aliphatic rings. The molecule has 0 radical (unpaired) electrons. The van der Waals surface area contributed by atoms with E-state index in [1.54, 1.807) is 0 Å². The SMILES string of the molecule is c1ccc(-n2c(-c3ccc(-c4ccccc4-c4ccccc4-c4ccc(-n5c6ccccc6c6ccccc65)cc4)cc3)nnc2-c2cccc3ccccc23)cc1. The van der Waals surface area contributed by atoms with Crippen LogP contribution in [0.3, 0.4) is 0 Å². The lowest BCUT2D eigenvalue weighted by molar-refractivity contribution is 1.07. The highest BCUT2D eigenvalue weighted by Crippen LogP contribution is 2.40. The van der Waals surface area contributed by atoms with Gasteiger partial charge in [-0.05, 0) is 80.6 Å². The number of rotatable bonds is 7. The molecule has 0 aliphatic heterocycles. The molecule has 0 saturated carbocycles. The van der Waals surface area contributed by atoms with Crippen molar-refractivity contribution in [2.75, 3.05) is 0 Å². The Morgan fingerprint density at radius 1 is 0.259 bits per heavy atom. The van der Waals surface area contributed by atoms with Crippen LogP contribution in [0.5, 0.6) is 0 Å².